The molecule has 0 saturated heterocycles. The third kappa shape index (κ3) is 4.35. The second-order valence-corrected chi connectivity index (χ2v) is 7.35. The smallest absolute Gasteiger partial charge is 0.144 e. The molecule has 0 spiro atoms. The third-order valence-electron chi connectivity index (χ3n) is 3.07. The van der Waals surface area contributed by atoms with Gasteiger partial charge in [0.25, 0.3) is 0 Å². The molecule has 0 radical (unpaired) electrons. The Hall–Kier alpha value is -1.26. The van der Waals surface area contributed by atoms with Gasteiger partial charge in [0.05, 0.1) is 12.1 Å². The highest BCUT2D eigenvalue weighted by molar-refractivity contribution is 7.09. The molecule has 21 heavy (non-hydrogen) atoms. The fourth-order valence-electron chi connectivity index (χ4n) is 1.85. The molecule has 2 rings (SSSR count). The molecular weight excluding hydrogens is 309 g/mol. The van der Waals surface area contributed by atoms with Gasteiger partial charge in [0, 0.05) is 22.2 Å². The van der Waals surface area contributed by atoms with Gasteiger partial charge in [-0.25, -0.2) is 9.37 Å². The van der Waals surface area contributed by atoms with E-state index in [1.807, 2.05) is 5.38 Å². The number of benzene rings is 1. The summed E-state index contributed by atoms with van der Waals surface area (Å²) in [5.41, 5.74) is 1.63. The lowest BCUT2D eigenvalue weighted by atomic mass is 9.93. The van der Waals surface area contributed by atoms with Gasteiger partial charge in [-0.3, -0.25) is 4.79 Å². The normalized spacial score (nSPS) is 11.7. The maximum absolute atomic E-state index is 13.0. The summed E-state index contributed by atoms with van der Waals surface area (Å²) in [6.45, 7) is 6.27. The Morgan fingerprint density at radius 3 is 2.62 bits per heavy atom. The molecule has 0 aliphatic rings. The summed E-state index contributed by atoms with van der Waals surface area (Å²) in [5.74, 6) is -0.371. The van der Waals surface area contributed by atoms with Crippen molar-refractivity contribution < 1.29 is 9.18 Å². The zero-order valence-corrected chi connectivity index (χ0v) is 13.8. The van der Waals surface area contributed by atoms with Gasteiger partial charge in [0.15, 0.2) is 0 Å². The molecule has 112 valence electrons. The first-order valence-corrected chi connectivity index (χ1v) is 7.92. The van der Waals surface area contributed by atoms with E-state index in [2.05, 4.69) is 25.8 Å². The second-order valence-electron chi connectivity index (χ2n) is 6.00. The maximum Gasteiger partial charge on any atom is 0.144 e. The van der Waals surface area contributed by atoms with Crippen LogP contribution in [-0.4, -0.2) is 10.8 Å². The monoisotopic (exact) mass is 325 g/mol. The Balaban J connectivity index is 2.03. The highest BCUT2D eigenvalue weighted by atomic mass is 35.5. The van der Waals surface area contributed by atoms with E-state index in [1.165, 1.54) is 23.5 Å². The molecule has 0 aliphatic heterocycles. The van der Waals surface area contributed by atoms with E-state index >= 15 is 0 Å². The van der Waals surface area contributed by atoms with Crippen LogP contribution < -0.4 is 0 Å². The SMILES string of the molecule is CC(C)(C)c1csc(CC(=O)Cc2ccc(F)cc2Cl)n1. The van der Waals surface area contributed by atoms with Gasteiger partial charge in [-0.15, -0.1) is 11.3 Å². The van der Waals surface area contributed by atoms with Crippen LogP contribution in [0.2, 0.25) is 5.02 Å². The van der Waals surface area contributed by atoms with E-state index in [9.17, 15) is 9.18 Å². The van der Waals surface area contributed by atoms with Gasteiger partial charge in [-0.2, -0.15) is 0 Å². The van der Waals surface area contributed by atoms with Crippen molar-refractivity contribution in [3.05, 3.63) is 50.7 Å². The first-order chi connectivity index (χ1) is 9.75. The van der Waals surface area contributed by atoms with Gasteiger partial charge in [-0.1, -0.05) is 38.4 Å². The van der Waals surface area contributed by atoms with Crippen molar-refractivity contribution in [3.63, 3.8) is 0 Å². The van der Waals surface area contributed by atoms with Crippen molar-refractivity contribution in [1.82, 2.24) is 4.98 Å². The first-order valence-electron chi connectivity index (χ1n) is 6.66. The van der Waals surface area contributed by atoms with Crippen molar-refractivity contribution in [1.29, 1.82) is 0 Å². The van der Waals surface area contributed by atoms with E-state index in [0.29, 0.717) is 5.56 Å². The lowest BCUT2D eigenvalue weighted by molar-refractivity contribution is -0.117. The predicted octanol–water partition coefficient (Wildman–Crippen LogP) is 4.59. The molecule has 0 saturated carbocycles. The Kier molecular flexibility index (Phi) is 4.79. The Bertz CT molecular complexity index is 661. The van der Waals surface area contributed by atoms with E-state index in [0.717, 1.165) is 10.7 Å². The predicted molar refractivity (Wildman–Crippen MR) is 84.6 cm³/mol. The Morgan fingerprint density at radius 1 is 1.33 bits per heavy atom. The number of hydrogen-bond acceptors (Lipinski definition) is 3. The molecule has 0 atom stereocenters. The number of Topliss-reactive ketones (excluding diaryl/α,β-unsaturated/α-hetero) is 1. The zero-order valence-electron chi connectivity index (χ0n) is 12.2. The molecule has 1 aromatic heterocycles. The second kappa shape index (κ2) is 6.24. The van der Waals surface area contributed by atoms with Crippen LogP contribution >= 0.6 is 22.9 Å². The standard InChI is InChI=1S/C16H17ClFNOS/c1-16(2,3)14-9-21-15(19-14)8-12(20)6-10-4-5-11(18)7-13(10)17/h4-5,7,9H,6,8H2,1-3H3. The molecule has 0 N–H and O–H groups in total. The average molecular weight is 326 g/mol. The molecule has 1 heterocycles. The summed E-state index contributed by atoms with van der Waals surface area (Å²) in [7, 11) is 0. The molecule has 2 nitrogen and oxygen atoms in total. The fraction of sp³-hybridized carbons (Fsp3) is 0.375. The lowest BCUT2D eigenvalue weighted by Gasteiger charge is -2.14. The van der Waals surface area contributed by atoms with Gasteiger partial charge in [-0.05, 0) is 17.7 Å². The zero-order chi connectivity index (χ0) is 15.6. The van der Waals surface area contributed by atoms with E-state index < -0.39 is 5.82 Å². The van der Waals surface area contributed by atoms with Crippen molar-refractivity contribution >= 4 is 28.7 Å². The van der Waals surface area contributed by atoms with E-state index in [1.54, 1.807) is 6.07 Å². The van der Waals surface area contributed by atoms with Gasteiger partial charge in [0.1, 0.15) is 16.6 Å². The van der Waals surface area contributed by atoms with Crippen LogP contribution in [0.25, 0.3) is 0 Å². The Labute approximate surface area is 133 Å². The molecule has 0 amide bonds. The molecule has 1 aromatic carbocycles. The number of nitrogens with zero attached hydrogens (tertiary/aromatic N) is 1. The summed E-state index contributed by atoms with van der Waals surface area (Å²) in [6.07, 6.45) is 0.484. The quantitative estimate of drug-likeness (QED) is 0.823. The summed E-state index contributed by atoms with van der Waals surface area (Å²) < 4.78 is 13.0. The molecule has 2 aromatic rings. The number of halogens is 2. The molecular formula is C16H17ClFNOS. The van der Waals surface area contributed by atoms with Crippen LogP contribution in [0.3, 0.4) is 0 Å². The van der Waals surface area contributed by atoms with Crippen molar-refractivity contribution in [2.24, 2.45) is 0 Å². The molecule has 0 unspecified atom stereocenters. The Morgan fingerprint density at radius 2 is 2.05 bits per heavy atom. The summed E-state index contributed by atoms with van der Waals surface area (Å²) in [6, 6.07) is 4.10. The van der Waals surface area contributed by atoms with E-state index in [-0.39, 0.29) is 29.1 Å². The molecule has 0 fully saturated rings. The number of thiazole rings is 1. The van der Waals surface area contributed by atoms with Gasteiger partial charge >= 0.3 is 0 Å². The molecule has 5 heteroatoms. The third-order valence-corrected chi connectivity index (χ3v) is 4.27. The number of aromatic nitrogens is 1. The topological polar surface area (TPSA) is 30.0 Å². The summed E-state index contributed by atoms with van der Waals surface area (Å²) in [4.78, 5) is 16.6. The minimum atomic E-state index is -0.397. The highest BCUT2D eigenvalue weighted by Crippen LogP contribution is 2.24. The van der Waals surface area contributed by atoms with Crippen LogP contribution in [0.4, 0.5) is 4.39 Å². The lowest BCUT2D eigenvalue weighted by Crippen LogP contribution is -2.12. The number of carbonyl (C=O) groups is 1. The largest absolute Gasteiger partial charge is 0.299 e. The average Bonchev–Trinajstić information content (AvgIpc) is 2.81. The van der Waals surface area contributed by atoms with Crippen LogP contribution in [0.15, 0.2) is 23.6 Å². The van der Waals surface area contributed by atoms with Crippen LogP contribution in [0, 0.1) is 5.82 Å². The van der Waals surface area contributed by atoms with Crippen molar-refractivity contribution in [3.8, 4) is 0 Å². The highest BCUT2D eigenvalue weighted by Gasteiger charge is 2.18. The van der Waals surface area contributed by atoms with Crippen LogP contribution in [0.5, 0.6) is 0 Å². The molecule has 0 aliphatic carbocycles. The summed E-state index contributed by atoms with van der Waals surface area (Å²) >= 11 is 7.43. The number of carbonyl (C=O) groups excluding carboxylic acids is 1. The number of rotatable bonds is 4. The minimum Gasteiger partial charge on any atom is -0.299 e. The van der Waals surface area contributed by atoms with Gasteiger partial charge < -0.3 is 0 Å². The van der Waals surface area contributed by atoms with E-state index in [4.69, 9.17) is 11.6 Å². The first kappa shape index (κ1) is 16.1. The maximum atomic E-state index is 13.0. The number of hydrogen-bond donors (Lipinski definition) is 0. The fourth-order valence-corrected chi connectivity index (χ4v) is 3.13. The summed E-state index contributed by atoms with van der Waals surface area (Å²) in [5, 5.41) is 3.09. The van der Waals surface area contributed by atoms with Crippen LogP contribution in [0.1, 0.15) is 37.0 Å². The molecule has 0 bridgehead atoms. The van der Waals surface area contributed by atoms with Crippen molar-refractivity contribution in [2.75, 3.05) is 0 Å². The van der Waals surface area contributed by atoms with Crippen LogP contribution in [-0.2, 0) is 23.1 Å². The minimum absolute atomic E-state index is 0.0158. The number of ketones is 1. The van der Waals surface area contributed by atoms with Gasteiger partial charge in [0.2, 0.25) is 0 Å². The van der Waals surface area contributed by atoms with Crippen molar-refractivity contribution in [2.45, 2.75) is 39.0 Å².